The van der Waals surface area contributed by atoms with Gasteiger partial charge in [0.2, 0.25) is 0 Å². The Labute approximate surface area is 237 Å². The summed E-state index contributed by atoms with van der Waals surface area (Å²) in [4.78, 5) is 0. The second kappa shape index (κ2) is 8.55. The van der Waals surface area contributed by atoms with Crippen molar-refractivity contribution in [1.29, 1.82) is 0 Å². The summed E-state index contributed by atoms with van der Waals surface area (Å²) in [6.07, 6.45) is 0. The number of para-hydroxylation sites is 1. The number of furan rings is 1. The van der Waals surface area contributed by atoms with Gasteiger partial charge in [0.1, 0.15) is 11.2 Å². The molecular weight excluding hydrogens is 496 g/mol. The van der Waals surface area contributed by atoms with Crippen LogP contribution < -0.4 is 0 Å². The number of rotatable bonds is 3. The van der Waals surface area contributed by atoms with Gasteiger partial charge in [-0.05, 0) is 72.3 Å². The summed E-state index contributed by atoms with van der Waals surface area (Å²) in [5.74, 6) is 0. The highest BCUT2D eigenvalue weighted by Crippen LogP contribution is 2.47. The van der Waals surface area contributed by atoms with E-state index < -0.39 is 0 Å². The maximum Gasteiger partial charge on any atom is 0.136 e. The lowest BCUT2D eigenvalue weighted by atomic mass is 9.84. The Bertz CT molecular complexity index is 2400. The molecule has 1 nitrogen and oxygen atoms in total. The zero-order chi connectivity index (χ0) is 26.9. The topological polar surface area (TPSA) is 13.1 Å². The summed E-state index contributed by atoms with van der Waals surface area (Å²) < 4.78 is 6.40. The van der Waals surface area contributed by atoms with Gasteiger partial charge in [-0.1, -0.05) is 133 Å². The lowest BCUT2D eigenvalue weighted by molar-refractivity contribution is 0.669. The SMILES string of the molecule is c1ccc(-c2ccc3oc4ccccc4c3c2-c2ccc3ccc4c(-c5ccccc5)ccc5ccc2c3c54)cc1. The Balaban J connectivity index is 1.45. The molecule has 0 aliphatic carbocycles. The normalized spacial score (nSPS) is 11.9. The van der Waals surface area contributed by atoms with Gasteiger partial charge < -0.3 is 4.42 Å². The van der Waals surface area contributed by atoms with Crippen LogP contribution in [-0.4, -0.2) is 0 Å². The Morgan fingerprint density at radius 3 is 1.56 bits per heavy atom. The zero-order valence-corrected chi connectivity index (χ0v) is 22.3. The molecule has 1 heteroatoms. The molecule has 0 saturated carbocycles. The first-order valence-electron chi connectivity index (χ1n) is 14.1. The van der Waals surface area contributed by atoms with E-state index in [2.05, 4.69) is 140 Å². The maximum absolute atomic E-state index is 6.40. The van der Waals surface area contributed by atoms with E-state index in [9.17, 15) is 0 Å². The molecule has 9 aromatic rings. The van der Waals surface area contributed by atoms with Gasteiger partial charge >= 0.3 is 0 Å². The molecule has 0 spiro atoms. The third-order valence-electron chi connectivity index (χ3n) is 8.65. The molecule has 1 aromatic heterocycles. The molecule has 0 fully saturated rings. The summed E-state index contributed by atoms with van der Waals surface area (Å²) in [6.45, 7) is 0. The lowest BCUT2D eigenvalue weighted by Crippen LogP contribution is -1.92. The monoisotopic (exact) mass is 520 g/mol. The first-order chi connectivity index (χ1) is 20.3. The maximum atomic E-state index is 6.40. The van der Waals surface area contributed by atoms with Gasteiger partial charge in [-0.15, -0.1) is 0 Å². The van der Waals surface area contributed by atoms with Gasteiger partial charge in [0.05, 0.1) is 0 Å². The summed E-state index contributed by atoms with van der Waals surface area (Å²) >= 11 is 0. The van der Waals surface area contributed by atoms with Crippen molar-refractivity contribution in [3.05, 3.63) is 146 Å². The standard InChI is InChI=1S/C40H24O/c1-3-9-25(10-4-1)29-19-15-27-17-21-32-33(22-18-28-16-20-31(29)37(27)38(28)32)39-30(26-11-5-2-6-12-26)23-24-36-40(39)34-13-7-8-14-35(34)41-36/h1-24H. The molecule has 8 aromatic carbocycles. The number of fused-ring (bicyclic) bond motifs is 3. The van der Waals surface area contributed by atoms with Crippen LogP contribution in [0.1, 0.15) is 0 Å². The Kier molecular flexibility index (Phi) is 4.67. The number of hydrogen-bond acceptors (Lipinski definition) is 1. The molecule has 0 amide bonds. The van der Waals surface area contributed by atoms with E-state index in [4.69, 9.17) is 4.42 Å². The van der Waals surface area contributed by atoms with E-state index in [1.54, 1.807) is 0 Å². The molecule has 190 valence electrons. The quantitative estimate of drug-likeness (QED) is 0.211. The summed E-state index contributed by atoms with van der Waals surface area (Å²) in [6, 6.07) is 52.5. The predicted octanol–water partition coefficient (Wildman–Crippen LogP) is 11.5. The van der Waals surface area contributed by atoms with E-state index in [1.807, 2.05) is 6.07 Å². The molecule has 0 aliphatic heterocycles. The van der Waals surface area contributed by atoms with Gasteiger partial charge in [0.25, 0.3) is 0 Å². The molecule has 0 radical (unpaired) electrons. The van der Waals surface area contributed by atoms with Gasteiger partial charge in [0.15, 0.2) is 0 Å². The van der Waals surface area contributed by atoms with Crippen LogP contribution in [-0.2, 0) is 0 Å². The van der Waals surface area contributed by atoms with E-state index in [0.29, 0.717) is 0 Å². The lowest BCUT2D eigenvalue weighted by Gasteiger charge is -2.18. The molecule has 41 heavy (non-hydrogen) atoms. The predicted molar refractivity (Wildman–Crippen MR) is 174 cm³/mol. The van der Waals surface area contributed by atoms with Crippen LogP contribution >= 0.6 is 0 Å². The van der Waals surface area contributed by atoms with Crippen LogP contribution in [0.4, 0.5) is 0 Å². The van der Waals surface area contributed by atoms with Gasteiger partial charge in [0, 0.05) is 16.3 Å². The molecule has 0 unspecified atom stereocenters. The van der Waals surface area contributed by atoms with Crippen molar-refractivity contribution in [3.8, 4) is 33.4 Å². The van der Waals surface area contributed by atoms with Crippen LogP contribution in [0.3, 0.4) is 0 Å². The van der Waals surface area contributed by atoms with Crippen molar-refractivity contribution in [2.24, 2.45) is 0 Å². The molecule has 9 rings (SSSR count). The summed E-state index contributed by atoms with van der Waals surface area (Å²) in [5.41, 5.74) is 9.21. The van der Waals surface area contributed by atoms with Crippen LogP contribution in [0.25, 0.3) is 87.6 Å². The third kappa shape index (κ3) is 3.24. The smallest absolute Gasteiger partial charge is 0.136 e. The minimum Gasteiger partial charge on any atom is -0.456 e. The van der Waals surface area contributed by atoms with E-state index in [-0.39, 0.29) is 0 Å². The van der Waals surface area contributed by atoms with Gasteiger partial charge in [-0.3, -0.25) is 0 Å². The highest BCUT2D eigenvalue weighted by Gasteiger charge is 2.21. The van der Waals surface area contributed by atoms with Crippen molar-refractivity contribution in [2.75, 3.05) is 0 Å². The fourth-order valence-electron chi connectivity index (χ4n) is 6.84. The van der Waals surface area contributed by atoms with Crippen LogP contribution in [0, 0.1) is 0 Å². The Morgan fingerprint density at radius 2 is 0.854 bits per heavy atom. The number of hydrogen-bond donors (Lipinski definition) is 0. The first-order valence-corrected chi connectivity index (χ1v) is 14.1. The van der Waals surface area contributed by atoms with Crippen LogP contribution in [0.5, 0.6) is 0 Å². The second-order valence-electron chi connectivity index (χ2n) is 10.8. The molecule has 0 bridgehead atoms. The summed E-state index contributed by atoms with van der Waals surface area (Å²) in [7, 11) is 0. The molecular formula is C40H24O. The largest absolute Gasteiger partial charge is 0.456 e. The van der Waals surface area contributed by atoms with E-state index >= 15 is 0 Å². The molecule has 0 N–H and O–H groups in total. The van der Waals surface area contributed by atoms with Crippen LogP contribution in [0.2, 0.25) is 0 Å². The van der Waals surface area contributed by atoms with Crippen molar-refractivity contribution in [2.45, 2.75) is 0 Å². The van der Waals surface area contributed by atoms with Crippen LogP contribution in [0.15, 0.2) is 150 Å². The molecule has 0 atom stereocenters. The van der Waals surface area contributed by atoms with Crippen molar-refractivity contribution in [1.82, 2.24) is 0 Å². The molecule has 1 heterocycles. The van der Waals surface area contributed by atoms with Crippen molar-refractivity contribution in [3.63, 3.8) is 0 Å². The molecule has 0 saturated heterocycles. The minimum absolute atomic E-state index is 0.915. The first kappa shape index (κ1) is 22.4. The number of benzene rings is 8. The van der Waals surface area contributed by atoms with E-state index in [1.165, 1.54) is 71.1 Å². The average molecular weight is 521 g/mol. The zero-order valence-electron chi connectivity index (χ0n) is 22.3. The fraction of sp³-hybridized carbons (Fsp3) is 0. The third-order valence-corrected chi connectivity index (χ3v) is 8.65. The minimum atomic E-state index is 0.915. The van der Waals surface area contributed by atoms with Crippen molar-refractivity contribution >= 4 is 54.3 Å². The van der Waals surface area contributed by atoms with Gasteiger partial charge in [-0.2, -0.15) is 0 Å². The highest BCUT2D eigenvalue weighted by atomic mass is 16.3. The van der Waals surface area contributed by atoms with Gasteiger partial charge in [-0.25, -0.2) is 0 Å². The summed E-state index contributed by atoms with van der Waals surface area (Å²) in [5, 5.41) is 10.0. The van der Waals surface area contributed by atoms with E-state index in [0.717, 1.165) is 16.6 Å². The Morgan fingerprint density at radius 1 is 0.317 bits per heavy atom. The van der Waals surface area contributed by atoms with Crippen molar-refractivity contribution < 1.29 is 4.42 Å². The highest BCUT2D eigenvalue weighted by molar-refractivity contribution is 6.29. The molecule has 0 aliphatic rings. The average Bonchev–Trinajstić information content (AvgIpc) is 3.43. The Hall–Kier alpha value is -5.40. The second-order valence-corrected chi connectivity index (χ2v) is 10.8. The fourth-order valence-corrected chi connectivity index (χ4v) is 6.84.